The van der Waals surface area contributed by atoms with E-state index in [0.717, 1.165) is 19.2 Å². The molecular formula is C15H20F3N3. The summed E-state index contributed by atoms with van der Waals surface area (Å²) >= 11 is 0. The van der Waals surface area contributed by atoms with E-state index in [2.05, 4.69) is 9.88 Å². The van der Waals surface area contributed by atoms with E-state index < -0.39 is 11.7 Å². The zero-order valence-corrected chi connectivity index (χ0v) is 11.9. The third kappa shape index (κ3) is 3.15. The van der Waals surface area contributed by atoms with Crippen LogP contribution in [0.2, 0.25) is 0 Å². The molecule has 3 nitrogen and oxygen atoms in total. The first-order valence-electron chi connectivity index (χ1n) is 7.57. The van der Waals surface area contributed by atoms with Crippen molar-refractivity contribution in [2.24, 2.45) is 0 Å². The Kier molecular flexibility index (Phi) is 4.06. The molecule has 0 spiro atoms. The SMILES string of the molecule is FC(F)(F)c1cccnc1N1CCN(C2CCCC2)CC1. The summed E-state index contributed by atoms with van der Waals surface area (Å²) < 4.78 is 39.1. The number of piperazine rings is 1. The fourth-order valence-electron chi connectivity index (χ4n) is 3.44. The summed E-state index contributed by atoms with van der Waals surface area (Å²) in [4.78, 5) is 8.18. The van der Waals surface area contributed by atoms with E-state index in [9.17, 15) is 13.2 Å². The molecule has 0 bridgehead atoms. The number of hydrogen-bond donors (Lipinski definition) is 0. The van der Waals surface area contributed by atoms with Crippen LogP contribution in [0.3, 0.4) is 0 Å². The summed E-state index contributed by atoms with van der Waals surface area (Å²) in [6, 6.07) is 3.10. The monoisotopic (exact) mass is 299 g/mol. The van der Waals surface area contributed by atoms with Crippen molar-refractivity contribution in [1.82, 2.24) is 9.88 Å². The third-order valence-corrected chi connectivity index (χ3v) is 4.55. The van der Waals surface area contributed by atoms with Gasteiger partial charge in [-0.15, -0.1) is 0 Å². The molecule has 0 aromatic carbocycles. The maximum absolute atomic E-state index is 13.0. The van der Waals surface area contributed by atoms with Gasteiger partial charge in [0.25, 0.3) is 0 Å². The highest BCUT2D eigenvalue weighted by Crippen LogP contribution is 2.35. The van der Waals surface area contributed by atoms with Gasteiger partial charge in [-0.25, -0.2) is 4.98 Å². The second-order valence-corrected chi connectivity index (χ2v) is 5.83. The second-order valence-electron chi connectivity index (χ2n) is 5.83. The molecule has 2 fully saturated rings. The summed E-state index contributed by atoms with van der Waals surface area (Å²) in [5.41, 5.74) is -0.626. The average Bonchev–Trinajstić information content (AvgIpc) is 3.01. The zero-order chi connectivity index (χ0) is 14.9. The van der Waals surface area contributed by atoms with E-state index in [-0.39, 0.29) is 5.82 Å². The molecule has 0 atom stereocenters. The Morgan fingerprint density at radius 1 is 1.05 bits per heavy atom. The lowest BCUT2D eigenvalue weighted by molar-refractivity contribution is -0.137. The van der Waals surface area contributed by atoms with Crippen LogP contribution in [0.15, 0.2) is 18.3 Å². The molecule has 1 aliphatic carbocycles. The molecule has 21 heavy (non-hydrogen) atoms. The minimum Gasteiger partial charge on any atom is -0.354 e. The Morgan fingerprint density at radius 2 is 1.71 bits per heavy atom. The lowest BCUT2D eigenvalue weighted by Crippen LogP contribution is -2.50. The normalized spacial score (nSPS) is 22.0. The highest BCUT2D eigenvalue weighted by atomic mass is 19.4. The van der Waals surface area contributed by atoms with Gasteiger partial charge >= 0.3 is 6.18 Å². The van der Waals surface area contributed by atoms with Gasteiger partial charge < -0.3 is 4.90 Å². The van der Waals surface area contributed by atoms with Crippen LogP contribution in [0.25, 0.3) is 0 Å². The van der Waals surface area contributed by atoms with E-state index in [1.807, 2.05) is 0 Å². The summed E-state index contributed by atoms with van der Waals surface area (Å²) in [5, 5.41) is 0. The maximum atomic E-state index is 13.0. The van der Waals surface area contributed by atoms with Gasteiger partial charge in [-0.05, 0) is 25.0 Å². The van der Waals surface area contributed by atoms with Crippen LogP contribution in [0.5, 0.6) is 0 Å². The first kappa shape index (κ1) is 14.6. The number of aromatic nitrogens is 1. The fraction of sp³-hybridized carbons (Fsp3) is 0.667. The van der Waals surface area contributed by atoms with Crippen LogP contribution in [-0.2, 0) is 6.18 Å². The van der Waals surface area contributed by atoms with Gasteiger partial charge in [0.15, 0.2) is 0 Å². The molecule has 116 valence electrons. The molecule has 1 aromatic rings. The van der Waals surface area contributed by atoms with Crippen molar-refractivity contribution in [2.75, 3.05) is 31.1 Å². The smallest absolute Gasteiger partial charge is 0.354 e. The van der Waals surface area contributed by atoms with Crippen molar-refractivity contribution >= 4 is 5.82 Å². The molecule has 6 heteroatoms. The quantitative estimate of drug-likeness (QED) is 0.836. The van der Waals surface area contributed by atoms with Gasteiger partial charge in [-0.2, -0.15) is 13.2 Å². The molecule has 1 aliphatic heterocycles. The maximum Gasteiger partial charge on any atom is 0.419 e. The topological polar surface area (TPSA) is 19.4 Å². The van der Waals surface area contributed by atoms with Crippen LogP contribution in [0.4, 0.5) is 19.0 Å². The Bertz CT molecular complexity index is 475. The number of anilines is 1. The van der Waals surface area contributed by atoms with Crippen molar-refractivity contribution in [3.63, 3.8) is 0 Å². The van der Waals surface area contributed by atoms with E-state index in [0.29, 0.717) is 19.1 Å². The first-order chi connectivity index (χ1) is 10.1. The minimum atomic E-state index is -4.34. The fourth-order valence-corrected chi connectivity index (χ4v) is 3.44. The highest BCUT2D eigenvalue weighted by Gasteiger charge is 2.36. The van der Waals surface area contributed by atoms with Crippen LogP contribution in [-0.4, -0.2) is 42.1 Å². The van der Waals surface area contributed by atoms with Gasteiger partial charge in [0.05, 0.1) is 5.56 Å². The van der Waals surface area contributed by atoms with Gasteiger partial charge in [0.1, 0.15) is 5.82 Å². The van der Waals surface area contributed by atoms with Crippen molar-refractivity contribution in [2.45, 2.75) is 37.9 Å². The zero-order valence-electron chi connectivity index (χ0n) is 11.9. The Hall–Kier alpha value is -1.30. The van der Waals surface area contributed by atoms with Gasteiger partial charge in [0.2, 0.25) is 0 Å². The number of alkyl halides is 3. The van der Waals surface area contributed by atoms with Crippen molar-refractivity contribution < 1.29 is 13.2 Å². The molecule has 2 aliphatic rings. The number of nitrogens with zero attached hydrogens (tertiary/aromatic N) is 3. The molecular weight excluding hydrogens is 279 g/mol. The molecule has 1 aromatic heterocycles. The van der Waals surface area contributed by atoms with E-state index >= 15 is 0 Å². The molecule has 2 heterocycles. The third-order valence-electron chi connectivity index (χ3n) is 4.55. The van der Waals surface area contributed by atoms with E-state index in [1.165, 1.54) is 37.9 Å². The molecule has 1 saturated carbocycles. The summed E-state index contributed by atoms with van der Waals surface area (Å²) in [6.07, 6.45) is 2.13. The first-order valence-corrected chi connectivity index (χ1v) is 7.57. The number of rotatable bonds is 2. The molecule has 0 radical (unpaired) electrons. The van der Waals surface area contributed by atoms with Crippen LogP contribution in [0.1, 0.15) is 31.2 Å². The largest absolute Gasteiger partial charge is 0.419 e. The minimum absolute atomic E-state index is 0.0797. The van der Waals surface area contributed by atoms with Gasteiger partial charge in [-0.3, -0.25) is 4.90 Å². The molecule has 3 rings (SSSR count). The number of hydrogen-bond acceptors (Lipinski definition) is 3. The molecule has 1 saturated heterocycles. The van der Waals surface area contributed by atoms with Crippen LogP contribution >= 0.6 is 0 Å². The molecule has 0 amide bonds. The van der Waals surface area contributed by atoms with Crippen LogP contribution in [0, 0.1) is 0 Å². The summed E-state index contributed by atoms with van der Waals surface area (Å²) in [5.74, 6) is 0.0797. The molecule has 0 N–H and O–H groups in total. The lowest BCUT2D eigenvalue weighted by atomic mass is 10.1. The van der Waals surface area contributed by atoms with E-state index in [1.54, 1.807) is 4.90 Å². The van der Waals surface area contributed by atoms with Crippen LogP contribution < -0.4 is 4.90 Å². The summed E-state index contributed by atoms with van der Waals surface area (Å²) in [7, 11) is 0. The van der Waals surface area contributed by atoms with Gasteiger partial charge in [0, 0.05) is 38.4 Å². The number of pyridine rings is 1. The Labute approximate surface area is 122 Å². The second kappa shape index (κ2) is 5.83. The van der Waals surface area contributed by atoms with Crippen molar-refractivity contribution in [1.29, 1.82) is 0 Å². The highest BCUT2D eigenvalue weighted by molar-refractivity contribution is 5.48. The Morgan fingerprint density at radius 3 is 2.33 bits per heavy atom. The standard InChI is InChI=1S/C15H20F3N3/c16-15(17,18)13-6-3-7-19-14(13)21-10-8-20(9-11-21)12-4-1-2-5-12/h3,6-7,12H,1-2,4-5,8-11H2. The van der Waals surface area contributed by atoms with Crippen molar-refractivity contribution in [3.05, 3.63) is 23.9 Å². The predicted molar refractivity (Wildman–Crippen MR) is 75.3 cm³/mol. The number of halogens is 3. The lowest BCUT2D eigenvalue weighted by Gasteiger charge is -2.39. The van der Waals surface area contributed by atoms with Crippen molar-refractivity contribution in [3.8, 4) is 0 Å². The Balaban J connectivity index is 1.69. The van der Waals surface area contributed by atoms with E-state index in [4.69, 9.17) is 0 Å². The summed E-state index contributed by atoms with van der Waals surface area (Å²) in [6.45, 7) is 2.91. The molecule has 0 unspecified atom stereocenters. The van der Waals surface area contributed by atoms with Gasteiger partial charge in [-0.1, -0.05) is 12.8 Å². The average molecular weight is 299 g/mol. The predicted octanol–water partition coefficient (Wildman–Crippen LogP) is 3.17.